The minimum atomic E-state index is -0.138. The molecule has 4 heteroatoms. The predicted molar refractivity (Wildman–Crippen MR) is 71.0 cm³/mol. The van der Waals surface area contributed by atoms with E-state index in [1.165, 1.54) is 11.3 Å². The number of fused-ring (bicyclic) bond motifs is 3. The minimum Gasteiger partial charge on any atom is -0.506 e. The number of benzene rings is 1. The summed E-state index contributed by atoms with van der Waals surface area (Å²) in [6.45, 7) is 1.83. The van der Waals surface area contributed by atoms with Crippen molar-refractivity contribution in [1.29, 1.82) is 0 Å². The third-order valence-corrected chi connectivity index (χ3v) is 4.21. The van der Waals surface area contributed by atoms with E-state index < -0.39 is 0 Å². The maximum absolute atomic E-state index is 12.2. The van der Waals surface area contributed by atoms with Gasteiger partial charge < -0.3 is 9.67 Å². The molecule has 3 aromatic rings. The van der Waals surface area contributed by atoms with Gasteiger partial charge in [0.1, 0.15) is 11.1 Å². The molecule has 0 radical (unpaired) electrons. The molecule has 86 valence electrons. The van der Waals surface area contributed by atoms with Crippen LogP contribution >= 0.6 is 11.3 Å². The second-order valence-electron chi connectivity index (χ2n) is 4.09. The molecule has 0 amide bonds. The molecule has 0 aliphatic carbocycles. The Bertz CT molecular complexity index is 798. The summed E-state index contributed by atoms with van der Waals surface area (Å²) in [5, 5.41) is 11.4. The standard InChI is InChI=1S/C13H11NO2S/c1-7-11(15)10-12(17-7)8-5-3-4-6-9(8)14(2)13(10)16/h3-6,15H,1-2H3. The van der Waals surface area contributed by atoms with Crippen molar-refractivity contribution < 1.29 is 5.11 Å². The number of hydrogen-bond acceptors (Lipinski definition) is 3. The van der Waals surface area contributed by atoms with E-state index in [1.807, 2.05) is 31.2 Å². The molecule has 0 spiro atoms. The smallest absolute Gasteiger partial charge is 0.263 e. The average Bonchev–Trinajstić information content (AvgIpc) is 2.63. The van der Waals surface area contributed by atoms with Gasteiger partial charge in [-0.25, -0.2) is 0 Å². The lowest BCUT2D eigenvalue weighted by atomic mass is 10.1. The van der Waals surface area contributed by atoms with E-state index in [1.54, 1.807) is 11.6 Å². The van der Waals surface area contributed by atoms with Crippen molar-refractivity contribution in [3.8, 4) is 5.75 Å². The molecular formula is C13H11NO2S. The second kappa shape index (κ2) is 3.34. The van der Waals surface area contributed by atoms with Gasteiger partial charge >= 0.3 is 0 Å². The molecule has 3 rings (SSSR count). The zero-order chi connectivity index (χ0) is 12.2. The van der Waals surface area contributed by atoms with E-state index in [4.69, 9.17) is 0 Å². The van der Waals surface area contributed by atoms with Crippen LogP contribution in [0, 0.1) is 6.92 Å². The quantitative estimate of drug-likeness (QED) is 0.661. The van der Waals surface area contributed by atoms with Crippen molar-refractivity contribution in [1.82, 2.24) is 4.57 Å². The SMILES string of the molecule is Cc1sc2c(c1O)c(=O)n(C)c1ccccc21. The predicted octanol–water partition coefficient (Wildman–Crippen LogP) is 2.77. The fraction of sp³-hybridized carbons (Fsp3) is 0.154. The van der Waals surface area contributed by atoms with Gasteiger partial charge in [0, 0.05) is 17.3 Å². The number of hydrogen-bond donors (Lipinski definition) is 1. The zero-order valence-corrected chi connectivity index (χ0v) is 10.3. The molecule has 1 aromatic carbocycles. The van der Waals surface area contributed by atoms with Crippen LogP contribution in [-0.4, -0.2) is 9.67 Å². The molecule has 0 aliphatic rings. The molecule has 1 N–H and O–H groups in total. The first-order chi connectivity index (χ1) is 8.11. The number of para-hydroxylation sites is 1. The van der Waals surface area contributed by atoms with Crippen molar-refractivity contribution in [2.24, 2.45) is 7.05 Å². The highest BCUT2D eigenvalue weighted by Crippen LogP contribution is 2.37. The summed E-state index contributed by atoms with van der Waals surface area (Å²) in [5.41, 5.74) is 0.756. The van der Waals surface area contributed by atoms with E-state index in [0.717, 1.165) is 20.5 Å². The highest BCUT2D eigenvalue weighted by atomic mass is 32.1. The number of aromatic hydroxyl groups is 1. The summed E-state index contributed by atoms with van der Waals surface area (Å²) >= 11 is 1.47. The Kier molecular flexibility index (Phi) is 2.03. The average molecular weight is 245 g/mol. The Balaban J connectivity index is 2.75. The van der Waals surface area contributed by atoms with Gasteiger partial charge in [0.15, 0.2) is 0 Å². The molecule has 0 aliphatic heterocycles. The Labute approximate surface area is 102 Å². The third kappa shape index (κ3) is 1.24. The van der Waals surface area contributed by atoms with Gasteiger partial charge in [-0.3, -0.25) is 4.79 Å². The number of aryl methyl sites for hydroxylation is 2. The summed E-state index contributed by atoms with van der Waals surface area (Å²) in [5.74, 6) is 0.122. The third-order valence-electron chi connectivity index (χ3n) is 3.08. The lowest BCUT2D eigenvalue weighted by Crippen LogP contribution is -2.16. The summed E-state index contributed by atoms with van der Waals surface area (Å²) in [4.78, 5) is 13.0. The van der Waals surface area contributed by atoms with Crippen LogP contribution in [-0.2, 0) is 7.05 Å². The van der Waals surface area contributed by atoms with Crippen molar-refractivity contribution in [2.45, 2.75) is 6.92 Å². The van der Waals surface area contributed by atoms with Gasteiger partial charge in [0.25, 0.3) is 5.56 Å². The zero-order valence-electron chi connectivity index (χ0n) is 9.52. The van der Waals surface area contributed by atoms with E-state index in [-0.39, 0.29) is 11.3 Å². The normalized spacial score (nSPS) is 11.4. The van der Waals surface area contributed by atoms with Gasteiger partial charge in [-0.2, -0.15) is 0 Å². The molecule has 0 fully saturated rings. The van der Waals surface area contributed by atoms with Crippen molar-refractivity contribution in [3.05, 3.63) is 39.5 Å². The second-order valence-corrected chi connectivity index (χ2v) is 5.32. The minimum absolute atomic E-state index is 0.122. The van der Waals surface area contributed by atoms with Crippen LogP contribution in [0.5, 0.6) is 5.75 Å². The Morgan fingerprint density at radius 3 is 2.76 bits per heavy atom. The topological polar surface area (TPSA) is 42.2 Å². The van der Waals surface area contributed by atoms with Crippen molar-refractivity contribution >= 4 is 32.3 Å². The maximum Gasteiger partial charge on any atom is 0.263 e. The van der Waals surface area contributed by atoms with E-state index in [0.29, 0.717) is 5.39 Å². The van der Waals surface area contributed by atoms with Gasteiger partial charge in [0.2, 0.25) is 0 Å². The molecule has 0 unspecified atom stereocenters. The molecule has 0 saturated carbocycles. The van der Waals surface area contributed by atoms with E-state index >= 15 is 0 Å². The Morgan fingerprint density at radius 1 is 1.29 bits per heavy atom. The van der Waals surface area contributed by atoms with Crippen LogP contribution in [0.25, 0.3) is 21.0 Å². The Morgan fingerprint density at radius 2 is 2.00 bits per heavy atom. The number of nitrogens with zero attached hydrogens (tertiary/aromatic N) is 1. The molecule has 0 saturated heterocycles. The fourth-order valence-electron chi connectivity index (χ4n) is 2.16. The largest absolute Gasteiger partial charge is 0.506 e. The molecule has 0 atom stereocenters. The lowest BCUT2D eigenvalue weighted by molar-refractivity contribution is 0.479. The summed E-state index contributed by atoms with van der Waals surface area (Å²) in [6.07, 6.45) is 0. The number of thiophene rings is 1. The van der Waals surface area contributed by atoms with E-state index in [9.17, 15) is 9.90 Å². The van der Waals surface area contributed by atoms with Crippen molar-refractivity contribution in [3.63, 3.8) is 0 Å². The first-order valence-electron chi connectivity index (χ1n) is 5.31. The van der Waals surface area contributed by atoms with Crippen LogP contribution in [0.2, 0.25) is 0 Å². The molecule has 3 nitrogen and oxygen atoms in total. The first-order valence-corrected chi connectivity index (χ1v) is 6.12. The lowest BCUT2D eigenvalue weighted by Gasteiger charge is -2.05. The van der Waals surface area contributed by atoms with Gasteiger partial charge in [-0.1, -0.05) is 18.2 Å². The van der Waals surface area contributed by atoms with Crippen LogP contribution in [0.1, 0.15) is 4.88 Å². The highest BCUT2D eigenvalue weighted by molar-refractivity contribution is 7.20. The molecular weight excluding hydrogens is 234 g/mol. The summed E-state index contributed by atoms with van der Waals surface area (Å²) in [7, 11) is 1.73. The Hall–Kier alpha value is -1.81. The van der Waals surface area contributed by atoms with Crippen LogP contribution in [0.3, 0.4) is 0 Å². The van der Waals surface area contributed by atoms with Crippen molar-refractivity contribution in [2.75, 3.05) is 0 Å². The van der Waals surface area contributed by atoms with E-state index in [2.05, 4.69) is 0 Å². The number of pyridine rings is 1. The number of rotatable bonds is 0. The first kappa shape index (κ1) is 10.4. The fourth-order valence-corrected chi connectivity index (χ4v) is 3.23. The maximum atomic E-state index is 12.2. The highest BCUT2D eigenvalue weighted by Gasteiger charge is 2.16. The van der Waals surface area contributed by atoms with Gasteiger partial charge in [-0.15, -0.1) is 11.3 Å². The summed E-state index contributed by atoms with van der Waals surface area (Å²) < 4.78 is 2.46. The van der Waals surface area contributed by atoms with Crippen LogP contribution in [0.15, 0.2) is 29.1 Å². The number of aromatic nitrogens is 1. The van der Waals surface area contributed by atoms with Gasteiger partial charge in [0.05, 0.1) is 10.2 Å². The molecule has 0 bridgehead atoms. The van der Waals surface area contributed by atoms with Crippen LogP contribution in [0.4, 0.5) is 0 Å². The molecule has 2 aromatic heterocycles. The van der Waals surface area contributed by atoms with Gasteiger partial charge in [-0.05, 0) is 13.0 Å². The molecule has 2 heterocycles. The summed E-state index contributed by atoms with van der Waals surface area (Å²) in [6, 6.07) is 7.75. The monoisotopic (exact) mass is 245 g/mol. The molecule has 17 heavy (non-hydrogen) atoms. The van der Waals surface area contributed by atoms with Crippen LogP contribution < -0.4 is 5.56 Å².